The van der Waals surface area contributed by atoms with Crippen LogP contribution in [0, 0.1) is 17.0 Å². The molecule has 22 heavy (non-hydrogen) atoms. The second-order valence-corrected chi connectivity index (χ2v) is 5.00. The molecule has 1 saturated heterocycles. The summed E-state index contributed by atoms with van der Waals surface area (Å²) in [5, 5.41) is 13.4. The number of likely N-dealkylation sites (tertiary alicyclic amines) is 1. The average molecular weight is 305 g/mol. The summed E-state index contributed by atoms with van der Waals surface area (Å²) in [4.78, 5) is 46.0. The fourth-order valence-corrected chi connectivity index (χ4v) is 2.19. The van der Waals surface area contributed by atoms with E-state index >= 15 is 0 Å². The van der Waals surface area contributed by atoms with Crippen molar-refractivity contribution in [2.45, 2.75) is 26.2 Å². The van der Waals surface area contributed by atoms with Gasteiger partial charge in [-0.2, -0.15) is 0 Å². The Hall–Kier alpha value is -2.77. The van der Waals surface area contributed by atoms with Gasteiger partial charge in [-0.3, -0.25) is 29.4 Å². The molecule has 0 atom stereocenters. The number of carbonyl (C=O) groups is 3. The van der Waals surface area contributed by atoms with Crippen molar-refractivity contribution in [3.05, 3.63) is 33.9 Å². The number of nitro benzene ring substituents is 1. The molecule has 0 aliphatic carbocycles. The summed E-state index contributed by atoms with van der Waals surface area (Å²) in [6, 6.07) is 4.38. The molecular formula is C14H15N3O5. The Morgan fingerprint density at radius 1 is 1.32 bits per heavy atom. The molecule has 1 aliphatic heterocycles. The Morgan fingerprint density at radius 3 is 2.55 bits per heavy atom. The van der Waals surface area contributed by atoms with Gasteiger partial charge >= 0.3 is 0 Å². The van der Waals surface area contributed by atoms with E-state index in [4.69, 9.17) is 0 Å². The van der Waals surface area contributed by atoms with E-state index in [1.54, 1.807) is 19.1 Å². The molecule has 116 valence electrons. The molecule has 0 aromatic heterocycles. The van der Waals surface area contributed by atoms with E-state index in [0.717, 1.165) is 4.90 Å². The van der Waals surface area contributed by atoms with Crippen LogP contribution in [0.5, 0.6) is 0 Å². The molecule has 1 N–H and O–H groups in total. The number of aryl methyl sites for hydroxylation is 1. The van der Waals surface area contributed by atoms with Gasteiger partial charge in [-0.25, -0.2) is 0 Å². The molecule has 1 aliphatic rings. The second kappa shape index (κ2) is 6.33. The van der Waals surface area contributed by atoms with Crippen LogP contribution in [0.15, 0.2) is 18.2 Å². The van der Waals surface area contributed by atoms with Crippen molar-refractivity contribution in [3.63, 3.8) is 0 Å². The number of benzene rings is 1. The SMILES string of the molecule is Cc1ccc(NC(=O)CCN2C(=O)CCC2=O)cc1[N+](=O)[O-]. The lowest BCUT2D eigenvalue weighted by molar-refractivity contribution is -0.385. The summed E-state index contributed by atoms with van der Waals surface area (Å²) < 4.78 is 0. The van der Waals surface area contributed by atoms with Crippen LogP contribution >= 0.6 is 0 Å². The zero-order valence-corrected chi connectivity index (χ0v) is 12.0. The normalized spacial score (nSPS) is 14.3. The highest BCUT2D eigenvalue weighted by molar-refractivity contribution is 6.02. The minimum atomic E-state index is -0.521. The van der Waals surface area contributed by atoms with E-state index in [-0.39, 0.29) is 43.3 Å². The van der Waals surface area contributed by atoms with Crippen LogP contribution in [0.4, 0.5) is 11.4 Å². The number of hydrogen-bond donors (Lipinski definition) is 1. The summed E-state index contributed by atoms with van der Waals surface area (Å²) >= 11 is 0. The van der Waals surface area contributed by atoms with Gasteiger partial charge in [0, 0.05) is 43.1 Å². The number of hydrogen-bond acceptors (Lipinski definition) is 5. The van der Waals surface area contributed by atoms with Crippen molar-refractivity contribution in [2.75, 3.05) is 11.9 Å². The quantitative estimate of drug-likeness (QED) is 0.502. The van der Waals surface area contributed by atoms with E-state index < -0.39 is 10.8 Å². The monoisotopic (exact) mass is 305 g/mol. The predicted octanol–water partition coefficient (Wildman–Crippen LogP) is 1.38. The topological polar surface area (TPSA) is 110 Å². The van der Waals surface area contributed by atoms with Crippen LogP contribution in [0.25, 0.3) is 0 Å². The van der Waals surface area contributed by atoms with Gasteiger partial charge in [0.05, 0.1) is 4.92 Å². The fourth-order valence-electron chi connectivity index (χ4n) is 2.19. The maximum Gasteiger partial charge on any atom is 0.274 e. The Kier molecular flexibility index (Phi) is 4.50. The second-order valence-electron chi connectivity index (χ2n) is 5.00. The molecule has 0 bridgehead atoms. The first-order valence-electron chi connectivity index (χ1n) is 6.76. The zero-order chi connectivity index (χ0) is 16.3. The number of rotatable bonds is 5. The lowest BCUT2D eigenvalue weighted by Crippen LogP contribution is -2.32. The van der Waals surface area contributed by atoms with Crippen molar-refractivity contribution in [1.29, 1.82) is 0 Å². The van der Waals surface area contributed by atoms with Crippen molar-refractivity contribution in [2.24, 2.45) is 0 Å². The summed E-state index contributed by atoms with van der Waals surface area (Å²) in [5.41, 5.74) is 0.723. The number of carbonyl (C=O) groups excluding carboxylic acids is 3. The van der Waals surface area contributed by atoms with Crippen LogP contribution in [-0.4, -0.2) is 34.1 Å². The standard InChI is InChI=1S/C14H15N3O5/c1-9-2-3-10(8-11(9)17(21)22)15-12(18)6-7-16-13(19)4-5-14(16)20/h2-3,8H,4-7H2,1H3,(H,15,18). The smallest absolute Gasteiger partial charge is 0.274 e. The first-order valence-corrected chi connectivity index (χ1v) is 6.76. The molecule has 1 fully saturated rings. The highest BCUT2D eigenvalue weighted by Crippen LogP contribution is 2.22. The molecule has 0 radical (unpaired) electrons. The van der Waals surface area contributed by atoms with Gasteiger partial charge in [-0.1, -0.05) is 6.07 Å². The van der Waals surface area contributed by atoms with E-state index in [9.17, 15) is 24.5 Å². The number of nitro groups is 1. The fraction of sp³-hybridized carbons (Fsp3) is 0.357. The van der Waals surface area contributed by atoms with E-state index in [2.05, 4.69) is 5.32 Å². The Bertz CT molecular complexity index is 640. The number of amides is 3. The van der Waals surface area contributed by atoms with E-state index in [0.29, 0.717) is 11.3 Å². The molecule has 2 rings (SSSR count). The van der Waals surface area contributed by atoms with Gasteiger partial charge in [0.2, 0.25) is 17.7 Å². The van der Waals surface area contributed by atoms with Gasteiger partial charge in [0.15, 0.2) is 0 Å². The van der Waals surface area contributed by atoms with E-state index in [1.165, 1.54) is 6.07 Å². The van der Waals surface area contributed by atoms with Crippen LogP contribution in [0.2, 0.25) is 0 Å². The maximum atomic E-state index is 11.8. The molecular weight excluding hydrogens is 290 g/mol. The molecule has 1 aromatic carbocycles. The number of imide groups is 1. The molecule has 0 unspecified atom stereocenters. The molecule has 3 amide bonds. The Balaban J connectivity index is 1.95. The number of nitrogens with one attached hydrogen (secondary N) is 1. The van der Waals surface area contributed by atoms with Gasteiger partial charge < -0.3 is 5.32 Å². The third-order valence-corrected chi connectivity index (χ3v) is 3.41. The minimum absolute atomic E-state index is 0.0253. The molecule has 0 saturated carbocycles. The number of anilines is 1. The van der Waals surface area contributed by atoms with Crippen LogP contribution in [-0.2, 0) is 14.4 Å². The Morgan fingerprint density at radius 2 is 1.95 bits per heavy atom. The van der Waals surface area contributed by atoms with Crippen molar-refractivity contribution in [1.82, 2.24) is 4.90 Å². The van der Waals surface area contributed by atoms with Gasteiger partial charge in [0.1, 0.15) is 0 Å². The first kappa shape index (κ1) is 15.6. The van der Waals surface area contributed by atoms with Gasteiger partial charge in [0.25, 0.3) is 5.69 Å². The molecule has 8 nitrogen and oxygen atoms in total. The van der Waals surface area contributed by atoms with Gasteiger partial charge in [-0.15, -0.1) is 0 Å². The highest BCUT2D eigenvalue weighted by Gasteiger charge is 2.28. The summed E-state index contributed by atoms with van der Waals surface area (Å²) in [6.45, 7) is 1.63. The van der Waals surface area contributed by atoms with Crippen molar-refractivity contribution >= 4 is 29.1 Å². The first-order chi connectivity index (χ1) is 10.4. The zero-order valence-electron chi connectivity index (χ0n) is 12.0. The van der Waals surface area contributed by atoms with Crippen LogP contribution < -0.4 is 5.32 Å². The average Bonchev–Trinajstić information content (AvgIpc) is 2.77. The number of nitrogens with zero attached hydrogens (tertiary/aromatic N) is 2. The predicted molar refractivity (Wildman–Crippen MR) is 77.0 cm³/mol. The van der Waals surface area contributed by atoms with Crippen LogP contribution in [0.1, 0.15) is 24.8 Å². The molecule has 1 heterocycles. The summed E-state index contributed by atoms with van der Waals surface area (Å²) in [7, 11) is 0. The van der Waals surface area contributed by atoms with Crippen molar-refractivity contribution in [3.8, 4) is 0 Å². The summed E-state index contributed by atoms with van der Waals surface area (Å²) in [6.07, 6.45) is 0.328. The minimum Gasteiger partial charge on any atom is -0.326 e. The Labute approximate surface area is 126 Å². The highest BCUT2D eigenvalue weighted by atomic mass is 16.6. The third kappa shape index (κ3) is 3.46. The largest absolute Gasteiger partial charge is 0.326 e. The molecule has 8 heteroatoms. The van der Waals surface area contributed by atoms with Crippen molar-refractivity contribution < 1.29 is 19.3 Å². The third-order valence-electron chi connectivity index (χ3n) is 3.41. The maximum absolute atomic E-state index is 11.8. The molecule has 1 aromatic rings. The van der Waals surface area contributed by atoms with Gasteiger partial charge in [-0.05, 0) is 13.0 Å². The van der Waals surface area contributed by atoms with E-state index in [1.807, 2.05) is 0 Å². The summed E-state index contributed by atoms with van der Waals surface area (Å²) in [5.74, 6) is -0.960. The molecule has 0 spiro atoms. The van der Waals surface area contributed by atoms with Crippen LogP contribution in [0.3, 0.4) is 0 Å². The lowest BCUT2D eigenvalue weighted by atomic mass is 10.2. The lowest BCUT2D eigenvalue weighted by Gasteiger charge is -2.13.